The Hall–Kier alpha value is -2.50. The smallest absolute Gasteiger partial charge is 0.355 e. The highest BCUT2D eigenvalue weighted by molar-refractivity contribution is 5.89. The summed E-state index contributed by atoms with van der Waals surface area (Å²) in [7, 11) is 1.53. The molecule has 6 nitrogen and oxygen atoms in total. The monoisotopic (exact) mass is 289 g/mol. The number of ether oxygens (including phenoxy) is 2. The Morgan fingerprint density at radius 3 is 3.00 bits per heavy atom. The second-order valence-electron chi connectivity index (χ2n) is 4.60. The van der Waals surface area contributed by atoms with Crippen molar-refractivity contribution in [2.45, 2.75) is 26.5 Å². The minimum Gasteiger partial charge on any atom is -0.481 e. The molecule has 0 aliphatic rings. The molecule has 112 valence electrons. The predicted octanol–water partition coefficient (Wildman–Crippen LogP) is 2.24. The van der Waals surface area contributed by atoms with Crippen LogP contribution in [0, 0.1) is 0 Å². The van der Waals surface area contributed by atoms with Crippen molar-refractivity contribution >= 4 is 11.7 Å². The molecule has 2 aromatic heterocycles. The lowest BCUT2D eigenvalue weighted by molar-refractivity contribution is 0.0456. The van der Waals surface area contributed by atoms with Gasteiger partial charge < -0.3 is 19.8 Å². The number of rotatable bonds is 6. The fourth-order valence-corrected chi connectivity index (χ4v) is 2.06. The molecule has 6 heteroatoms. The van der Waals surface area contributed by atoms with Crippen molar-refractivity contribution in [1.82, 2.24) is 9.55 Å². The van der Waals surface area contributed by atoms with E-state index in [1.807, 2.05) is 6.92 Å². The fourth-order valence-electron chi connectivity index (χ4n) is 2.06. The van der Waals surface area contributed by atoms with Crippen LogP contribution < -0.4 is 10.5 Å². The Morgan fingerprint density at radius 1 is 1.48 bits per heavy atom. The highest BCUT2D eigenvalue weighted by Gasteiger charge is 2.15. The summed E-state index contributed by atoms with van der Waals surface area (Å²) in [6.45, 7) is 2.86. The van der Waals surface area contributed by atoms with Crippen LogP contribution in [0.15, 0.2) is 30.6 Å². The minimum atomic E-state index is -0.411. The summed E-state index contributed by atoms with van der Waals surface area (Å²) >= 11 is 0. The summed E-state index contributed by atoms with van der Waals surface area (Å²) in [4.78, 5) is 16.2. The molecule has 2 aromatic rings. The van der Waals surface area contributed by atoms with Crippen molar-refractivity contribution < 1.29 is 14.3 Å². The predicted molar refractivity (Wildman–Crippen MR) is 79.0 cm³/mol. The molecule has 0 spiro atoms. The Labute approximate surface area is 123 Å². The van der Waals surface area contributed by atoms with Crippen LogP contribution >= 0.6 is 0 Å². The second-order valence-corrected chi connectivity index (χ2v) is 4.60. The molecule has 2 rings (SSSR count). The van der Waals surface area contributed by atoms with Crippen molar-refractivity contribution in [3.63, 3.8) is 0 Å². The zero-order chi connectivity index (χ0) is 15.2. The highest BCUT2D eigenvalue weighted by Crippen LogP contribution is 2.17. The van der Waals surface area contributed by atoms with E-state index in [2.05, 4.69) is 4.98 Å². The van der Waals surface area contributed by atoms with E-state index in [9.17, 15) is 4.79 Å². The molecule has 0 aromatic carbocycles. The average Bonchev–Trinajstić information content (AvgIpc) is 2.86. The topological polar surface area (TPSA) is 79.4 Å². The first-order valence-corrected chi connectivity index (χ1v) is 6.76. The van der Waals surface area contributed by atoms with Gasteiger partial charge in [-0.25, -0.2) is 9.78 Å². The molecule has 0 saturated heterocycles. The van der Waals surface area contributed by atoms with Crippen molar-refractivity contribution in [1.29, 1.82) is 0 Å². The minimum absolute atomic E-state index is 0.104. The number of aromatic nitrogens is 2. The number of hydrogen-bond acceptors (Lipinski definition) is 5. The fraction of sp³-hybridized carbons (Fsp3) is 0.333. The molecule has 0 bridgehead atoms. The standard InChI is InChI=1S/C15H19N3O3/c1-3-7-18-9-12(16)8-13(18)15(19)21-10-11-5-4-6-17-14(11)20-2/h4-6,8-9H,3,7,10,16H2,1-2H3. The number of anilines is 1. The van der Waals surface area contributed by atoms with Gasteiger partial charge in [0.1, 0.15) is 12.3 Å². The van der Waals surface area contributed by atoms with Crippen LogP contribution in [-0.4, -0.2) is 22.6 Å². The van der Waals surface area contributed by atoms with Crippen LogP contribution in [0.3, 0.4) is 0 Å². The van der Waals surface area contributed by atoms with Crippen LogP contribution in [0.1, 0.15) is 29.4 Å². The van der Waals surface area contributed by atoms with Gasteiger partial charge in [0.05, 0.1) is 18.4 Å². The third-order valence-electron chi connectivity index (χ3n) is 2.99. The summed E-state index contributed by atoms with van der Waals surface area (Å²) in [6.07, 6.45) is 4.27. The molecule has 0 unspecified atom stereocenters. The number of hydrogen-bond donors (Lipinski definition) is 1. The van der Waals surface area contributed by atoms with E-state index in [0.29, 0.717) is 17.3 Å². The summed E-state index contributed by atoms with van der Waals surface area (Å²) in [5.74, 6) is 0.0415. The summed E-state index contributed by atoms with van der Waals surface area (Å²) < 4.78 is 12.2. The van der Waals surface area contributed by atoms with Crippen molar-refractivity contribution in [2.24, 2.45) is 0 Å². The first kappa shape index (κ1) is 14.9. The maximum Gasteiger partial charge on any atom is 0.355 e. The van der Waals surface area contributed by atoms with Gasteiger partial charge >= 0.3 is 5.97 Å². The zero-order valence-electron chi connectivity index (χ0n) is 12.2. The Balaban J connectivity index is 2.08. The molecule has 21 heavy (non-hydrogen) atoms. The molecule has 2 N–H and O–H groups in total. The van der Waals surface area contributed by atoms with Gasteiger partial charge in [0, 0.05) is 18.9 Å². The van der Waals surface area contributed by atoms with Crippen molar-refractivity contribution in [3.05, 3.63) is 41.9 Å². The number of nitrogens with two attached hydrogens (primary N) is 1. The van der Waals surface area contributed by atoms with Gasteiger partial charge in [-0.3, -0.25) is 0 Å². The largest absolute Gasteiger partial charge is 0.481 e. The summed E-state index contributed by atoms with van der Waals surface area (Å²) in [6, 6.07) is 5.19. The molecule has 0 aliphatic heterocycles. The number of carbonyl (C=O) groups is 1. The number of aryl methyl sites for hydroxylation is 1. The Kier molecular flexibility index (Phi) is 4.81. The molecular formula is C15H19N3O3. The van der Waals surface area contributed by atoms with Gasteiger partial charge in [0.25, 0.3) is 0 Å². The van der Waals surface area contributed by atoms with E-state index >= 15 is 0 Å². The molecule has 0 atom stereocenters. The lowest BCUT2D eigenvalue weighted by Gasteiger charge is -2.09. The van der Waals surface area contributed by atoms with Crippen LogP contribution in [0.2, 0.25) is 0 Å². The maximum absolute atomic E-state index is 12.2. The number of nitrogens with zero attached hydrogens (tertiary/aromatic N) is 2. The number of esters is 1. The van der Waals surface area contributed by atoms with Crippen molar-refractivity contribution in [3.8, 4) is 5.88 Å². The van der Waals surface area contributed by atoms with E-state index in [0.717, 1.165) is 18.5 Å². The average molecular weight is 289 g/mol. The lowest BCUT2D eigenvalue weighted by Crippen LogP contribution is -2.12. The highest BCUT2D eigenvalue weighted by atomic mass is 16.5. The lowest BCUT2D eigenvalue weighted by atomic mass is 10.3. The summed E-state index contributed by atoms with van der Waals surface area (Å²) in [5.41, 5.74) is 7.47. The van der Waals surface area contributed by atoms with Crippen molar-refractivity contribution in [2.75, 3.05) is 12.8 Å². The third kappa shape index (κ3) is 3.53. The van der Waals surface area contributed by atoms with Crippen LogP contribution in [0.5, 0.6) is 5.88 Å². The molecule has 0 saturated carbocycles. The van der Waals surface area contributed by atoms with E-state index in [1.165, 1.54) is 7.11 Å². The molecule has 0 fully saturated rings. The van der Waals surface area contributed by atoms with Gasteiger partial charge in [-0.1, -0.05) is 6.92 Å². The number of nitrogen functional groups attached to an aromatic ring is 1. The van der Waals surface area contributed by atoms with Gasteiger partial charge in [-0.2, -0.15) is 0 Å². The maximum atomic E-state index is 12.2. The van der Waals surface area contributed by atoms with Crippen LogP contribution in [-0.2, 0) is 17.9 Å². The molecule has 0 amide bonds. The summed E-state index contributed by atoms with van der Waals surface area (Å²) in [5, 5.41) is 0. The molecule has 2 heterocycles. The van der Waals surface area contributed by atoms with E-state index in [1.54, 1.807) is 35.2 Å². The number of methoxy groups -OCH3 is 1. The Bertz CT molecular complexity index is 622. The second kappa shape index (κ2) is 6.78. The van der Waals surface area contributed by atoms with Crippen LogP contribution in [0.25, 0.3) is 0 Å². The quantitative estimate of drug-likeness (QED) is 0.825. The number of pyridine rings is 1. The zero-order valence-corrected chi connectivity index (χ0v) is 12.2. The molecule has 0 radical (unpaired) electrons. The first-order valence-electron chi connectivity index (χ1n) is 6.76. The van der Waals surface area contributed by atoms with E-state index in [4.69, 9.17) is 15.2 Å². The van der Waals surface area contributed by atoms with Crippen LogP contribution in [0.4, 0.5) is 5.69 Å². The SMILES string of the molecule is CCCn1cc(N)cc1C(=O)OCc1cccnc1OC. The third-order valence-corrected chi connectivity index (χ3v) is 2.99. The molecular weight excluding hydrogens is 270 g/mol. The first-order chi connectivity index (χ1) is 10.2. The van der Waals surface area contributed by atoms with E-state index < -0.39 is 5.97 Å². The van der Waals surface area contributed by atoms with Gasteiger partial charge in [-0.05, 0) is 24.6 Å². The molecule has 0 aliphatic carbocycles. The van der Waals surface area contributed by atoms with Gasteiger partial charge in [0.2, 0.25) is 5.88 Å². The Morgan fingerprint density at radius 2 is 2.29 bits per heavy atom. The van der Waals surface area contributed by atoms with E-state index in [-0.39, 0.29) is 6.61 Å². The van der Waals surface area contributed by atoms with Gasteiger partial charge in [0.15, 0.2) is 0 Å². The number of carbonyl (C=O) groups excluding carboxylic acids is 1. The van der Waals surface area contributed by atoms with Gasteiger partial charge in [-0.15, -0.1) is 0 Å². The normalized spacial score (nSPS) is 10.4.